The van der Waals surface area contributed by atoms with Gasteiger partial charge in [-0.1, -0.05) is 0 Å². The fraction of sp³-hybridized carbons (Fsp3) is 0.800. The average Bonchev–Trinajstić information content (AvgIpc) is 2.46. The molecule has 0 aromatic rings. The Morgan fingerprint density at radius 3 is 1.67 bits per heavy atom. The molecule has 0 nitrogen and oxygen atoms in total. The molecular weight excluding hydrogens is 359 g/mol. The zero-order valence-corrected chi connectivity index (χ0v) is 18.2. The van der Waals surface area contributed by atoms with Crippen LogP contribution in [0.25, 0.3) is 0 Å². The topological polar surface area (TPSA) is 0 Å². The monoisotopic (exact) mass is 398 g/mol. The summed E-state index contributed by atoms with van der Waals surface area (Å²) >= 11 is -2.26. The molecule has 0 fully saturated rings. The molecule has 0 heterocycles. The van der Waals surface area contributed by atoms with Crippen LogP contribution in [-0.2, 0) is 0 Å². The second-order valence-electron chi connectivity index (χ2n) is 6.97. The van der Waals surface area contributed by atoms with E-state index in [-0.39, 0.29) is 0 Å². The standard InChI is InChI=1S/C8H11.3C4H9.Sn/c1-4-5-6-7-8(2)3;3*1-3-4-2;/h8H,1,7H2,2-3H3;3*1,3-4H2,2H3;. The van der Waals surface area contributed by atoms with Crippen molar-refractivity contribution in [2.24, 2.45) is 5.92 Å². The summed E-state index contributed by atoms with van der Waals surface area (Å²) in [4.78, 5) is 0. The minimum atomic E-state index is -2.26. The number of allylic oxidation sites excluding steroid dienone is 1. The van der Waals surface area contributed by atoms with Crippen LogP contribution in [0.2, 0.25) is 13.3 Å². The van der Waals surface area contributed by atoms with Crippen LogP contribution in [0.3, 0.4) is 0 Å². The van der Waals surface area contributed by atoms with Crippen LogP contribution in [0.15, 0.2) is 10.2 Å². The Kier molecular flexibility index (Phi) is 12.7. The molecule has 0 rings (SSSR count). The van der Waals surface area contributed by atoms with E-state index in [1.807, 2.05) is 0 Å². The van der Waals surface area contributed by atoms with Crippen LogP contribution in [-0.4, -0.2) is 18.4 Å². The van der Waals surface area contributed by atoms with Crippen molar-refractivity contribution in [3.63, 3.8) is 0 Å². The third kappa shape index (κ3) is 8.97. The molecule has 0 spiro atoms. The van der Waals surface area contributed by atoms with Gasteiger partial charge in [0.05, 0.1) is 0 Å². The van der Waals surface area contributed by atoms with Gasteiger partial charge in [-0.25, -0.2) is 0 Å². The molecule has 0 bridgehead atoms. The molecule has 122 valence electrons. The number of rotatable bonds is 11. The van der Waals surface area contributed by atoms with E-state index in [2.05, 4.69) is 53.0 Å². The van der Waals surface area contributed by atoms with Gasteiger partial charge in [0.2, 0.25) is 0 Å². The van der Waals surface area contributed by atoms with Gasteiger partial charge in [0, 0.05) is 0 Å². The molecule has 0 aromatic heterocycles. The van der Waals surface area contributed by atoms with Crippen molar-refractivity contribution >= 4 is 18.4 Å². The van der Waals surface area contributed by atoms with Crippen molar-refractivity contribution in [2.75, 3.05) is 0 Å². The summed E-state index contributed by atoms with van der Waals surface area (Å²) in [5.74, 6) is 7.63. The van der Waals surface area contributed by atoms with Crippen LogP contribution >= 0.6 is 0 Å². The summed E-state index contributed by atoms with van der Waals surface area (Å²) in [6.07, 6.45) is 9.18. The average molecular weight is 397 g/mol. The van der Waals surface area contributed by atoms with Crippen molar-refractivity contribution in [1.29, 1.82) is 0 Å². The zero-order chi connectivity index (χ0) is 16.1. The third-order valence-corrected chi connectivity index (χ3v) is 19.6. The first kappa shape index (κ1) is 21.1. The summed E-state index contributed by atoms with van der Waals surface area (Å²) in [5, 5.41) is 0. The molecule has 0 atom stereocenters. The molecule has 0 aliphatic rings. The fourth-order valence-corrected chi connectivity index (χ4v) is 17.4. The fourth-order valence-electron chi connectivity index (χ4n) is 2.87. The van der Waals surface area contributed by atoms with Crippen molar-refractivity contribution in [1.82, 2.24) is 0 Å². The van der Waals surface area contributed by atoms with Crippen LogP contribution in [0.4, 0.5) is 0 Å². The first-order chi connectivity index (χ1) is 10.0. The van der Waals surface area contributed by atoms with E-state index in [1.165, 1.54) is 55.4 Å². The normalized spacial score (nSPS) is 11.3. The quantitative estimate of drug-likeness (QED) is 0.261. The maximum absolute atomic E-state index is 4.50. The molecule has 0 N–H and O–H groups in total. The Balaban J connectivity index is 5.06. The van der Waals surface area contributed by atoms with E-state index in [0.29, 0.717) is 5.92 Å². The SMILES string of the molecule is C=[C](C#CCC(C)C)[Sn]([CH2]CCC)([CH2]CCC)[CH2]CCC. The van der Waals surface area contributed by atoms with Gasteiger partial charge < -0.3 is 0 Å². The van der Waals surface area contributed by atoms with Gasteiger partial charge in [-0.3, -0.25) is 0 Å². The molecule has 0 unspecified atom stereocenters. The Morgan fingerprint density at radius 2 is 1.33 bits per heavy atom. The Morgan fingerprint density at radius 1 is 0.905 bits per heavy atom. The molecule has 0 aliphatic heterocycles. The van der Waals surface area contributed by atoms with Gasteiger partial charge in [0.15, 0.2) is 0 Å². The van der Waals surface area contributed by atoms with E-state index in [9.17, 15) is 0 Å². The number of hydrogen-bond donors (Lipinski definition) is 0. The van der Waals surface area contributed by atoms with E-state index in [0.717, 1.165) is 6.42 Å². The summed E-state index contributed by atoms with van der Waals surface area (Å²) in [5.41, 5.74) is 0. The zero-order valence-electron chi connectivity index (χ0n) is 15.4. The van der Waals surface area contributed by atoms with Crippen LogP contribution in [0.1, 0.15) is 79.6 Å². The first-order valence-corrected chi connectivity index (χ1v) is 16.7. The first-order valence-electron chi connectivity index (χ1n) is 9.20. The maximum atomic E-state index is 4.50. The van der Waals surface area contributed by atoms with Gasteiger partial charge in [0.25, 0.3) is 0 Å². The van der Waals surface area contributed by atoms with Crippen LogP contribution in [0, 0.1) is 17.8 Å². The second-order valence-corrected chi connectivity index (χ2v) is 20.3. The molecule has 0 saturated heterocycles. The van der Waals surface area contributed by atoms with Crippen LogP contribution < -0.4 is 0 Å². The predicted molar refractivity (Wildman–Crippen MR) is 101 cm³/mol. The van der Waals surface area contributed by atoms with Crippen LogP contribution in [0.5, 0.6) is 0 Å². The number of hydrogen-bond acceptors (Lipinski definition) is 0. The van der Waals surface area contributed by atoms with Gasteiger partial charge >= 0.3 is 139 Å². The molecule has 0 amide bonds. The van der Waals surface area contributed by atoms with Gasteiger partial charge in [-0.05, 0) is 0 Å². The Bertz CT molecular complexity index is 308. The van der Waals surface area contributed by atoms with E-state index in [4.69, 9.17) is 0 Å². The second kappa shape index (κ2) is 12.6. The van der Waals surface area contributed by atoms with E-state index < -0.39 is 18.4 Å². The summed E-state index contributed by atoms with van der Waals surface area (Å²) in [7, 11) is 0. The molecule has 0 aromatic carbocycles. The Labute approximate surface area is 139 Å². The third-order valence-electron chi connectivity index (χ3n) is 4.42. The van der Waals surface area contributed by atoms with Gasteiger partial charge in [0.1, 0.15) is 0 Å². The Hall–Kier alpha value is 0.0987. The number of unbranched alkanes of at least 4 members (excludes halogenated alkanes) is 3. The van der Waals surface area contributed by atoms with E-state index in [1.54, 1.807) is 0 Å². The molecule has 0 radical (unpaired) electrons. The minimum absolute atomic E-state index is 0.678. The molecular formula is C20H38Sn. The van der Waals surface area contributed by atoms with Gasteiger partial charge in [-0.15, -0.1) is 0 Å². The van der Waals surface area contributed by atoms with E-state index >= 15 is 0 Å². The van der Waals surface area contributed by atoms with Crippen molar-refractivity contribution in [3.8, 4) is 11.8 Å². The van der Waals surface area contributed by atoms with Crippen molar-refractivity contribution < 1.29 is 0 Å². The summed E-state index contributed by atoms with van der Waals surface area (Å²) in [6.45, 7) is 16.0. The molecule has 0 saturated carbocycles. The molecule has 0 aliphatic carbocycles. The predicted octanol–water partition coefficient (Wildman–Crippen LogP) is 6.98. The van der Waals surface area contributed by atoms with Crippen molar-refractivity contribution in [3.05, 3.63) is 10.2 Å². The van der Waals surface area contributed by atoms with Crippen molar-refractivity contribution in [2.45, 2.75) is 92.9 Å². The summed E-state index contributed by atoms with van der Waals surface area (Å²) < 4.78 is 5.89. The molecule has 1 heteroatoms. The summed E-state index contributed by atoms with van der Waals surface area (Å²) in [6, 6.07) is 0. The molecule has 21 heavy (non-hydrogen) atoms. The van der Waals surface area contributed by atoms with Gasteiger partial charge in [-0.2, -0.15) is 0 Å².